The number of aryl methyl sites for hydroxylation is 1. The van der Waals surface area contributed by atoms with Crippen molar-refractivity contribution in [3.05, 3.63) is 30.1 Å². The molecule has 4 heteroatoms. The summed E-state index contributed by atoms with van der Waals surface area (Å²) in [6, 6.07) is 6.47. The van der Waals surface area contributed by atoms with Crippen molar-refractivity contribution in [3.63, 3.8) is 0 Å². The molecule has 1 fully saturated rings. The van der Waals surface area contributed by atoms with Crippen molar-refractivity contribution < 1.29 is 0 Å². The molecule has 0 saturated carbocycles. The van der Waals surface area contributed by atoms with Crippen LogP contribution in [0.4, 0.5) is 5.82 Å². The van der Waals surface area contributed by atoms with Gasteiger partial charge in [0.2, 0.25) is 0 Å². The average molecular weight is 280 g/mol. The number of nitrogens with zero attached hydrogens (tertiary/aromatic N) is 3. The highest BCUT2D eigenvalue weighted by molar-refractivity contribution is 6.08. The van der Waals surface area contributed by atoms with E-state index in [1.807, 2.05) is 0 Å². The second-order valence-electron chi connectivity index (χ2n) is 6.29. The van der Waals surface area contributed by atoms with Gasteiger partial charge in [0.1, 0.15) is 17.4 Å². The summed E-state index contributed by atoms with van der Waals surface area (Å²) in [6.07, 6.45) is 4.26. The summed E-state index contributed by atoms with van der Waals surface area (Å²) >= 11 is 0. The van der Waals surface area contributed by atoms with Gasteiger partial charge in [0.05, 0.1) is 0 Å². The molecule has 0 unspecified atom stereocenters. The molecule has 0 amide bonds. The van der Waals surface area contributed by atoms with Crippen LogP contribution in [-0.2, 0) is 0 Å². The zero-order valence-corrected chi connectivity index (χ0v) is 12.6. The first-order valence-electron chi connectivity index (χ1n) is 7.70. The van der Waals surface area contributed by atoms with Gasteiger partial charge in [0, 0.05) is 24.0 Å². The third-order valence-corrected chi connectivity index (χ3v) is 4.47. The molecule has 3 aromatic rings. The minimum Gasteiger partial charge on any atom is -0.355 e. The van der Waals surface area contributed by atoms with Crippen LogP contribution in [-0.4, -0.2) is 28.0 Å². The Morgan fingerprint density at radius 3 is 3.05 bits per heavy atom. The summed E-state index contributed by atoms with van der Waals surface area (Å²) in [5.41, 5.74) is 4.52. The van der Waals surface area contributed by atoms with Crippen molar-refractivity contribution in [3.8, 4) is 0 Å². The number of anilines is 1. The lowest BCUT2D eigenvalue weighted by Gasteiger charge is -2.31. The third-order valence-electron chi connectivity index (χ3n) is 4.47. The van der Waals surface area contributed by atoms with Crippen LogP contribution in [0.2, 0.25) is 0 Å². The Labute approximate surface area is 124 Å². The second-order valence-corrected chi connectivity index (χ2v) is 6.29. The molecule has 1 aliphatic rings. The zero-order valence-electron chi connectivity index (χ0n) is 12.6. The van der Waals surface area contributed by atoms with Crippen molar-refractivity contribution >= 4 is 27.8 Å². The zero-order chi connectivity index (χ0) is 14.4. The van der Waals surface area contributed by atoms with E-state index in [2.05, 4.69) is 51.9 Å². The number of hydrogen-bond donors (Lipinski definition) is 1. The molecule has 2 aromatic heterocycles. The molecule has 1 N–H and O–H groups in total. The number of H-pyrrole nitrogens is 1. The van der Waals surface area contributed by atoms with Crippen molar-refractivity contribution in [1.82, 2.24) is 15.0 Å². The van der Waals surface area contributed by atoms with Crippen LogP contribution in [0.25, 0.3) is 21.9 Å². The Hall–Kier alpha value is -2.10. The molecule has 1 atom stereocenters. The minimum absolute atomic E-state index is 0.732. The van der Waals surface area contributed by atoms with Gasteiger partial charge in [0.25, 0.3) is 0 Å². The maximum atomic E-state index is 4.57. The van der Waals surface area contributed by atoms with Crippen LogP contribution in [0.5, 0.6) is 0 Å². The van der Waals surface area contributed by atoms with Gasteiger partial charge in [-0.15, -0.1) is 0 Å². The predicted octanol–water partition coefficient (Wildman–Crippen LogP) is 3.66. The van der Waals surface area contributed by atoms with E-state index in [1.54, 1.807) is 6.33 Å². The number of nitrogens with one attached hydrogen (secondary N) is 1. The monoisotopic (exact) mass is 280 g/mol. The van der Waals surface area contributed by atoms with Crippen LogP contribution in [0.3, 0.4) is 0 Å². The lowest BCUT2D eigenvalue weighted by Crippen LogP contribution is -2.35. The number of benzene rings is 1. The Morgan fingerprint density at radius 2 is 2.19 bits per heavy atom. The van der Waals surface area contributed by atoms with E-state index in [0.717, 1.165) is 41.4 Å². The quantitative estimate of drug-likeness (QED) is 0.740. The summed E-state index contributed by atoms with van der Waals surface area (Å²) in [4.78, 5) is 15.0. The van der Waals surface area contributed by atoms with Gasteiger partial charge in [-0.2, -0.15) is 0 Å². The molecule has 4 rings (SSSR count). The first kappa shape index (κ1) is 12.6. The summed E-state index contributed by atoms with van der Waals surface area (Å²) in [7, 11) is 0. The van der Waals surface area contributed by atoms with Crippen molar-refractivity contribution in [1.29, 1.82) is 0 Å². The topological polar surface area (TPSA) is 44.8 Å². The number of fused-ring (bicyclic) bond motifs is 3. The van der Waals surface area contributed by atoms with E-state index in [-0.39, 0.29) is 0 Å². The maximum Gasteiger partial charge on any atom is 0.156 e. The molecule has 0 bridgehead atoms. The Balaban J connectivity index is 1.91. The van der Waals surface area contributed by atoms with E-state index in [4.69, 9.17) is 0 Å². The fourth-order valence-electron chi connectivity index (χ4n) is 3.42. The molecule has 21 heavy (non-hydrogen) atoms. The van der Waals surface area contributed by atoms with E-state index in [1.165, 1.54) is 23.8 Å². The molecule has 1 aromatic carbocycles. The molecule has 0 aliphatic carbocycles. The number of aromatic nitrogens is 3. The van der Waals surface area contributed by atoms with Crippen LogP contribution in [0, 0.1) is 12.8 Å². The fourth-order valence-corrected chi connectivity index (χ4v) is 3.42. The molecular weight excluding hydrogens is 260 g/mol. The highest BCUT2D eigenvalue weighted by Crippen LogP contribution is 2.31. The van der Waals surface area contributed by atoms with Crippen LogP contribution in [0.15, 0.2) is 24.5 Å². The normalized spacial score (nSPS) is 19.5. The highest BCUT2D eigenvalue weighted by Gasteiger charge is 2.21. The fraction of sp³-hybridized carbons (Fsp3) is 0.412. The smallest absolute Gasteiger partial charge is 0.156 e. The van der Waals surface area contributed by atoms with Crippen molar-refractivity contribution in [2.24, 2.45) is 5.92 Å². The third kappa shape index (κ3) is 2.06. The van der Waals surface area contributed by atoms with Crippen molar-refractivity contribution in [2.45, 2.75) is 26.7 Å². The van der Waals surface area contributed by atoms with Crippen LogP contribution < -0.4 is 4.90 Å². The molecule has 1 aliphatic heterocycles. The largest absolute Gasteiger partial charge is 0.355 e. The lowest BCUT2D eigenvalue weighted by molar-refractivity contribution is 0.445. The Kier molecular flexibility index (Phi) is 2.84. The maximum absolute atomic E-state index is 4.57. The van der Waals surface area contributed by atoms with E-state index < -0.39 is 0 Å². The standard InChI is InChI=1S/C17H20N4/c1-11-5-6-13-14(8-11)20-16-15(13)18-10-19-17(16)21-7-3-4-12(2)9-21/h5-6,8,10,12,20H,3-4,7,9H2,1-2H3/t12-/m0/s1. The summed E-state index contributed by atoms with van der Waals surface area (Å²) in [5.74, 6) is 1.79. The Bertz CT molecular complexity index is 805. The van der Waals surface area contributed by atoms with Crippen molar-refractivity contribution in [2.75, 3.05) is 18.0 Å². The van der Waals surface area contributed by atoms with E-state index in [0.29, 0.717) is 0 Å². The molecule has 4 nitrogen and oxygen atoms in total. The van der Waals surface area contributed by atoms with Crippen LogP contribution in [0.1, 0.15) is 25.3 Å². The van der Waals surface area contributed by atoms with Gasteiger partial charge in [-0.1, -0.05) is 19.1 Å². The van der Waals surface area contributed by atoms with Crippen LogP contribution >= 0.6 is 0 Å². The molecule has 1 saturated heterocycles. The van der Waals surface area contributed by atoms with Gasteiger partial charge in [0.15, 0.2) is 5.82 Å². The first-order chi connectivity index (χ1) is 10.2. The number of hydrogen-bond acceptors (Lipinski definition) is 3. The SMILES string of the molecule is Cc1ccc2c(c1)[nH]c1c(N3CCC[C@H](C)C3)ncnc12. The molecular formula is C17H20N4. The number of rotatable bonds is 1. The van der Waals surface area contributed by atoms with Gasteiger partial charge < -0.3 is 9.88 Å². The molecule has 108 valence electrons. The van der Waals surface area contributed by atoms with E-state index in [9.17, 15) is 0 Å². The lowest BCUT2D eigenvalue weighted by atomic mass is 10.0. The number of piperidine rings is 1. The van der Waals surface area contributed by atoms with Gasteiger partial charge in [-0.25, -0.2) is 9.97 Å². The van der Waals surface area contributed by atoms with E-state index >= 15 is 0 Å². The highest BCUT2D eigenvalue weighted by atomic mass is 15.2. The first-order valence-corrected chi connectivity index (χ1v) is 7.70. The molecule has 0 radical (unpaired) electrons. The summed E-state index contributed by atoms with van der Waals surface area (Å²) < 4.78 is 0. The van der Waals surface area contributed by atoms with Gasteiger partial charge in [-0.05, 0) is 37.3 Å². The number of aromatic amines is 1. The minimum atomic E-state index is 0.732. The summed E-state index contributed by atoms with van der Waals surface area (Å²) in [5, 5.41) is 1.18. The van der Waals surface area contributed by atoms with Gasteiger partial charge >= 0.3 is 0 Å². The molecule has 0 spiro atoms. The van der Waals surface area contributed by atoms with Gasteiger partial charge in [-0.3, -0.25) is 0 Å². The average Bonchev–Trinajstić information content (AvgIpc) is 2.84. The predicted molar refractivity (Wildman–Crippen MR) is 86.7 cm³/mol. The Morgan fingerprint density at radius 1 is 1.29 bits per heavy atom. The molecule has 3 heterocycles. The summed E-state index contributed by atoms with van der Waals surface area (Å²) in [6.45, 7) is 6.61. The second kappa shape index (κ2) is 4.72.